The van der Waals surface area contributed by atoms with Crippen LogP contribution in [0.1, 0.15) is 54.4 Å². The summed E-state index contributed by atoms with van der Waals surface area (Å²) in [4.78, 5) is 53.6. The minimum atomic E-state index is -2.20. The van der Waals surface area contributed by atoms with E-state index in [2.05, 4.69) is 0 Å². The standard InChI is InChI=1S/C28H34O8/c1-7-9-11-13-16(29)18-20-21(28(6)22(31)15(3)24(33)36-28)19(17(30)14-12-10-8-2)26(4,23(18)32)25(34)27(20,5)35/h7-11,13,19-21,29,31,35H,12,14H2,1-6H3/b9-7+,10-8+,13-11+,18-16+/t19-,20-,21-,26-,27?,28-/m1/s1. The number of carbonyl (C=O) groups is 4. The molecule has 0 radical (unpaired) electrons. The SMILES string of the molecule is C/C=C/C=C/C(O)=C1\C(=O)[C@]2(C)C(=O)C(C)(O)[C@H]1[C@H]([C@@]1(C)OC(=O)C(C)=C1O)[C@H]2C(=O)CC/C=C/C. The van der Waals surface area contributed by atoms with E-state index in [9.17, 15) is 34.5 Å². The third-order valence-electron chi connectivity index (χ3n) is 7.95. The van der Waals surface area contributed by atoms with Gasteiger partial charge in [0, 0.05) is 29.7 Å². The van der Waals surface area contributed by atoms with Crippen LogP contribution in [0.2, 0.25) is 0 Å². The molecule has 0 aromatic carbocycles. The maximum Gasteiger partial charge on any atom is 0.338 e. The molecular formula is C28H34O8. The molecule has 1 heterocycles. The summed E-state index contributed by atoms with van der Waals surface area (Å²) >= 11 is 0. The zero-order valence-electron chi connectivity index (χ0n) is 21.5. The van der Waals surface area contributed by atoms with E-state index in [0.29, 0.717) is 6.42 Å². The third-order valence-corrected chi connectivity index (χ3v) is 7.95. The Morgan fingerprint density at radius 3 is 2.25 bits per heavy atom. The van der Waals surface area contributed by atoms with Crippen molar-refractivity contribution in [2.75, 3.05) is 0 Å². The average Bonchev–Trinajstić information content (AvgIpc) is 3.01. The number of aliphatic hydroxyl groups is 3. The van der Waals surface area contributed by atoms with Crippen molar-refractivity contribution in [3.8, 4) is 0 Å². The second kappa shape index (κ2) is 9.32. The molecule has 3 saturated carbocycles. The van der Waals surface area contributed by atoms with Gasteiger partial charge in [-0.2, -0.15) is 0 Å². The lowest BCUT2D eigenvalue weighted by Gasteiger charge is -2.61. The van der Waals surface area contributed by atoms with Crippen LogP contribution in [-0.4, -0.2) is 49.8 Å². The average molecular weight is 499 g/mol. The summed E-state index contributed by atoms with van der Waals surface area (Å²) in [5.74, 6) is -7.69. The first kappa shape index (κ1) is 27.3. The Labute approximate surface area is 210 Å². The number of hydrogen-bond donors (Lipinski definition) is 3. The number of fused-ring (bicyclic) bond motifs is 3. The highest BCUT2D eigenvalue weighted by atomic mass is 16.6. The number of esters is 1. The Bertz CT molecular complexity index is 1160. The second-order valence-electron chi connectivity index (χ2n) is 10.2. The molecule has 36 heavy (non-hydrogen) atoms. The molecule has 194 valence electrons. The van der Waals surface area contributed by atoms with Gasteiger partial charge in [-0.15, -0.1) is 0 Å². The number of carbonyl (C=O) groups excluding carboxylic acids is 4. The van der Waals surface area contributed by atoms with Crippen LogP contribution in [0.15, 0.2) is 59.1 Å². The molecule has 1 aliphatic heterocycles. The van der Waals surface area contributed by atoms with Crippen molar-refractivity contribution in [1.82, 2.24) is 0 Å². The van der Waals surface area contributed by atoms with Crippen LogP contribution in [0, 0.1) is 23.2 Å². The number of hydrogen-bond acceptors (Lipinski definition) is 8. The highest BCUT2D eigenvalue weighted by Gasteiger charge is 2.77. The molecule has 3 N–H and O–H groups in total. The number of Topliss-reactive ketones (excluding diaryl/α,β-unsaturated/α-hetero) is 3. The van der Waals surface area contributed by atoms with Gasteiger partial charge in [0.05, 0.1) is 5.57 Å². The predicted octanol–water partition coefficient (Wildman–Crippen LogP) is 3.78. The largest absolute Gasteiger partial charge is 0.508 e. The summed E-state index contributed by atoms with van der Waals surface area (Å²) < 4.78 is 5.61. The number of ketones is 3. The van der Waals surface area contributed by atoms with Crippen molar-refractivity contribution in [3.05, 3.63) is 59.1 Å². The monoisotopic (exact) mass is 498 g/mol. The van der Waals surface area contributed by atoms with Crippen molar-refractivity contribution >= 4 is 23.3 Å². The minimum Gasteiger partial charge on any atom is -0.508 e. The van der Waals surface area contributed by atoms with Crippen LogP contribution in [0.3, 0.4) is 0 Å². The number of rotatable bonds is 7. The maximum absolute atomic E-state index is 13.9. The van der Waals surface area contributed by atoms with E-state index in [4.69, 9.17) is 4.74 Å². The van der Waals surface area contributed by atoms with Gasteiger partial charge in [0.2, 0.25) is 0 Å². The van der Waals surface area contributed by atoms with Gasteiger partial charge >= 0.3 is 5.97 Å². The first-order valence-electron chi connectivity index (χ1n) is 12.0. The molecule has 4 rings (SSSR count). The van der Waals surface area contributed by atoms with E-state index in [1.54, 1.807) is 38.2 Å². The van der Waals surface area contributed by atoms with Crippen molar-refractivity contribution in [2.24, 2.45) is 23.2 Å². The molecule has 0 aromatic rings. The summed E-state index contributed by atoms with van der Waals surface area (Å²) in [6.45, 7) is 8.87. The first-order valence-corrected chi connectivity index (χ1v) is 12.0. The van der Waals surface area contributed by atoms with Gasteiger partial charge < -0.3 is 20.1 Å². The van der Waals surface area contributed by atoms with Crippen molar-refractivity contribution in [3.63, 3.8) is 0 Å². The van der Waals surface area contributed by atoms with Crippen LogP contribution in [-0.2, 0) is 23.9 Å². The van der Waals surface area contributed by atoms with E-state index in [0.717, 1.165) is 0 Å². The van der Waals surface area contributed by atoms with Crippen LogP contribution in [0.4, 0.5) is 0 Å². The molecule has 8 heteroatoms. The lowest BCUT2D eigenvalue weighted by molar-refractivity contribution is -0.204. The fourth-order valence-electron chi connectivity index (χ4n) is 6.18. The molecule has 2 bridgehead atoms. The number of allylic oxidation sites excluding steroid dienone is 6. The number of cyclic esters (lactones) is 1. The Balaban J connectivity index is 2.36. The summed E-state index contributed by atoms with van der Waals surface area (Å²) in [6.07, 6.45) is 9.98. The molecule has 3 fully saturated rings. The molecule has 3 aliphatic carbocycles. The molecule has 0 saturated heterocycles. The third kappa shape index (κ3) is 3.70. The second-order valence-corrected chi connectivity index (χ2v) is 10.2. The van der Waals surface area contributed by atoms with Gasteiger partial charge in [-0.1, -0.05) is 30.4 Å². The first-order chi connectivity index (χ1) is 16.7. The molecule has 0 aromatic heterocycles. The van der Waals surface area contributed by atoms with Gasteiger partial charge in [0.1, 0.15) is 28.3 Å². The molecule has 0 spiro atoms. The molecule has 8 nitrogen and oxygen atoms in total. The lowest BCUT2D eigenvalue weighted by atomic mass is 9.40. The Morgan fingerprint density at radius 2 is 1.72 bits per heavy atom. The topological polar surface area (TPSA) is 138 Å². The van der Waals surface area contributed by atoms with Crippen molar-refractivity contribution in [1.29, 1.82) is 0 Å². The zero-order valence-corrected chi connectivity index (χ0v) is 21.5. The van der Waals surface area contributed by atoms with Crippen molar-refractivity contribution in [2.45, 2.75) is 65.6 Å². The molecule has 6 atom stereocenters. The summed E-state index contributed by atoms with van der Waals surface area (Å²) in [5.41, 5.74) is -6.38. The van der Waals surface area contributed by atoms with Gasteiger partial charge in [0.25, 0.3) is 0 Å². The lowest BCUT2D eigenvalue weighted by Crippen LogP contribution is -2.75. The Morgan fingerprint density at radius 1 is 1.08 bits per heavy atom. The number of aliphatic hydroxyl groups excluding tert-OH is 2. The summed E-state index contributed by atoms with van der Waals surface area (Å²) in [7, 11) is 0. The van der Waals surface area contributed by atoms with Gasteiger partial charge in [-0.25, -0.2) is 4.79 Å². The van der Waals surface area contributed by atoms with Gasteiger partial charge in [-0.05, 0) is 54.0 Å². The maximum atomic E-state index is 13.9. The fraction of sp³-hybridized carbons (Fsp3) is 0.500. The van der Waals surface area contributed by atoms with Crippen molar-refractivity contribution < 1.29 is 39.2 Å². The highest BCUT2D eigenvalue weighted by molar-refractivity contribution is 6.23. The van der Waals surface area contributed by atoms with Gasteiger partial charge in [-0.3, -0.25) is 14.4 Å². The van der Waals surface area contributed by atoms with E-state index in [1.165, 1.54) is 39.8 Å². The van der Waals surface area contributed by atoms with Crippen LogP contribution in [0.5, 0.6) is 0 Å². The van der Waals surface area contributed by atoms with Crippen LogP contribution in [0.25, 0.3) is 0 Å². The molecular weight excluding hydrogens is 464 g/mol. The van der Waals surface area contributed by atoms with E-state index >= 15 is 0 Å². The van der Waals surface area contributed by atoms with Crippen LogP contribution < -0.4 is 0 Å². The predicted molar refractivity (Wildman–Crippen MR) is 132 cm³/mol. The highest BCUT2D eigenvalue weighted by Crippen LogP contribution is 2.64. The van der Waals surface area contributed by atoms with E-state index in [-0.39, 0.29) is 17.6 Å². The van der Waals surface area contributed by atoms with Crippen LogP contribution >= 0.6 is 0 Å². The fourth-order valence-corrected chi connectivity index (χ4v) is 6.18. The normalized spacial score (nSPS) is 38.2. The van der Waals surface area contributed by atoms with E-state index in [1.807, 2.05) is 0 Å². The quantitative estimate of drug-likeness (QED) is 0.120. The zero-order chi connectivity index (χ0) is 27.2. The summed E-state index contributed by atoms with van der Waals surface area (Å²) in [5, 5.41) is 33.5. The Kier molecular flexibility index (Phi) is 7.07. The van der Waals surface area contributed by atoms with Gasteiger partial charge in [0.15, 0.2) is 17.2 Å². The smallest absolute Gasteiger partial charge is 0.338 e. The van der Waals surface area contributed by atoms with E-state index < -0.39 is 69.2 Å². The summed E-state index contributed by atoms with van der Waals surface area (Å²) in [6, 6.07) is 0. The Hall–Kier alpha value is -3.26. The molecule has 0 amide bonds. The number of ether oxygens (including phenoxy) is 1. The molecule has 1 unspecified atom stereocenters. The minimum absolute atomic E-state index is 0.00374. The molecule has 4 aliphatic rings.